The molecular formula is C18H20ClFN2. The smallest absolute Gasteiger partial charge is 0.128 e. The topological polar surface area (TPSA) is 29.3 Å². The van der Waals surface area contributed by atoms with Gasteiger partial charge in [0.25, 0.3) is 0 Å². The highest BCUT2D eigenvalue weighted by Crippen LogP contribution is 2.24. The van der Waals surface area contributed by atoms with Crippen LogP contribution in [-0.2, 0) is 6.54 Å². The third kappa shape index (κ3) is 3.49. The van der Waals surface area contributed by atoms with Gasteiger partial charge in [-0.25, -0.2) is 4.39 Å². The third-order valence-electron chi connectivity index (χ3n) is 4.24. The van der Waals surface area contributed by atoms with Crippen LogP contribution >= 0.6 is 11.6 Å². The summed E-state index contributed by atoms with van der Waals surface area (Å²) < 4.78 is 14.4. The standard InChI is InChI=1S/C18H20ClFN2/c19-16-5-3-4-13(10-16)18(21)14-6-7-15(17(20)11-14)12-22-8-1-2-9-22/h3-7,10-11,18H,1-2,8-9,12,21H2. The Balaban J connectivity index is 1.78. The first-order valence-corrected chi connectivity index (χ1v) is 8.03. The van der Waals surface area contributed by atoms with Crippen LogP contribution in [0, 0.1) is 5.82 Å². The summed E-state index contributed by atoms with van der Waals surface area (Å²) in [6.45, 7) is 2.80. The summed E-state index contributed by atoms with van der Waals surface area (Å²) in [6, 6.07) is 12.3. The summed E-state index contributed by atoms with van der Waals surface area (Å²) in [4.78, 5) is 2.29. The number of hydrogen-bond acceptors (Lipinski definition) is 2. The molecule has 2 N–H and O–H groups in total. The van der Waals surface area contributed by atoms with Crippen molar-refractivity contribution < 1.29 is 4.39 Å². The first kappa shape index (κ1) is 15.5. The molecule has 0 radical (unpaired) electrons. The maximum atomic E-state index is 14.4. The lowest BCUT2D eigenvalue weighted by Crippen LogP contribution is -2.19. The molecule has 1 saturated heterocycles. The summed E-state index contributed by atoms with van der Waals surface area (Å²) in [7, 11) is 0. The van der Waals surface area contributed by atoms with Crippen molar-refractivity contribution in [2.45, 2.75) is 25.4 Å². The van der Waals surface area contributed by atoms with Gasteiger partial charge in [0.1, 0.15) is 5.82 Å². The number of likely N-dealkylation sites (tertiary alicyclic amines) is 1. The lowest BCUT2D eigenvalue weighted by Gasteiger charge is -2.17. The predicted molar refractivity (Wildman–Crippen MR) is 88.4 cm³/mol. The fraction of sp³-hybridized carbons (Fsp3) is 0.333. The monoisotopic (exact) mass is 318 g/mol. The molecule has 1 aliphatic heterocycles. The molecule has 2 aromatic rings. The average Bonchev–Trinajstić information content (AvgIpc) is 3.01. The van der Waals surface area contributed by atoms with Crippen molar-refractivity contribution in [3.05, 3.63) is 70.0 Å². The third-order valence-corrected chi connectivity index (χ3v) is 4.47. The van der Waals surface area contributed by atoms with Crippen LogP contribution in [0.3, 0.4) is 0 Å². The fourth-order valence-electron chi connectivity index (χ4n) is 2.96. The highest BCUT2D eigenvalue weighted by atomic mass is 35.5. The Morgan fingerprint density at radius 1 is 1.09 bits per heavy atom. The van der Waals surface area contributed by atoms with E-state index in [-0.39, 0.29) is 11.9 Å². The largest absolute Gasteiger partial charge is 0.320 e. The van der Waals surface area contributed by atoms with E-state index in [0.29, 0.717) is 11.6 Å². The van der Waals surface area contributed by atoms with E-state index < -0.39 is 0 Å². The molecule has 0 spiro atoms. The minimum Gasteiger partial charge on any atom is -0.320 e. The lowest BCUT2D eigenvalue weighted by atomic mass is 9.98. The van der Waals surface area contributed by atoms with Crippen molar-refractivity contribution in [1.82, 2.24) is 4.90 Å². The maximum Gasteiger partial charge on any atom is 0.128 e. The van der Waals surface area contributed by atoms with Crippen molar-refractivity contribution in [3.8, 4) is 0 Å². The molecule has 116 valence electrons. The zero-order chi connectivity index (χ0) is 15.5. The van der Waals surface area contributed by atoms with E-state index in [9.17, 15) is 4.39 Å². The molecule has 2 aromatic carbocycles. The molecule has 1 aliphatic rings. The van der Waals surface area contributed by atoms with Gasteiger partial charge in [0.2, 0.25) is 0 Å². The van der Waals surface area contributed by atoms with Gasteiger partial charge < -0.3 is 5.73 Å². The molecule has 1 heterocycles. The Labute approximate surface area is 135 Å². The quantitative estimate of drug-likeness (QED) is 0.918. The second-order valence-electron chi connectivity index (χ2n) is 5.87. The Bertz CT molecular complexity index is 653. The van der Waals surface area contributed by atoms with Gasteiger partial charge in [-0.15, -0.1) is 0 Å². The second kappa shape index (κ2) is 6.78. The number of hydrogen-bond donors (Lipinski definition) is 1. The van der Waals surface area contributed by atoms with E-state index in [4.69, 9.17) is 17.3 Å². The molecule has 1 atom stereocenters. The van der Waals surface area contributed by atoms with E-state index in [0.717, 1.165) is 29.8 Å². The van der Waals surface area contributed by atoms with Crippen molar-refractivity contribution in [2.24, 2.45) is 5.73 Å². The molecule has 0 bridgehead atoms. The van der Waals surface area contributed by atoms with Crippen molar-refractivity contribution in [2.75, 3.05) is 13.1 Å². The molecule has 0 saturated carbocycles. The first-order chi connectivity index (χ1) is 10.6. The zero-order valence-electron chi connectivity index (χ0n) is 12.4. The van der Waals surface area contributed by atoms with Crippen LogP contribution in [0.25, 0.3) is 0 Å². The Hall–Kier alpha value is -1.42. The Morgan fingerprint density at radius 3 is 2.50 bits per heavy atom. The number of nitrogens with zero attached hydrogens (tertiary/aromatic N) is 1. The normalized spacial score (nSPS) is 16.9. The van der Waals surface area contributed by atoms with Crippen LogP contribution < -0.4 is 5.73 Å². The van der Waals surface area contributed by atoms with Gasteiger partial charge in [0, 0.05) is 17.1 Å². The van der Waals surface area contributed by atoms with Crippen LogP contribution in [0.1, 0.15) is 35.6 Å². The van der Waals surface area contributed by atoms with Crippen molar-refractivity contribution in [3.63, 3.8) is 0 Å². The van der Waals surface area contributed by atoms with E-state index in [1.807, 2.05) is 30.3 Å². The molecule has 0 aliphatic carbocycles. The number of nitrogens with two attached hydrogens (primary N) is 1. The van der Waals surface area contributed by atoms with Crippen LogP contribution in [0.15, 0.2) is 42.5 Å². The summed E-state index contributed by atoms with van der Waals surface area (Å²) in [6.07, 6.45) is 2.42. The molecule has 1 fully saturated rings. The summed E-state index contributed by atoms with van der Waals surface area (Å²) >= 11 is 5.99. The van der Waals surface area contributed by atoms with E-state index >= 15 is 0 Å². The minimum atomic E-state index is -0.367. The molecule has 4 heteroatoms. The molecule has 0 aromatic heterocycles. The van der Waals surface area contributed by atoms with Gasteiger partial charge in [-0.1, -0.05) is 35.9 Å². The van der Waals surface area contributed by atoms with Crippen LogP contribution in [0.2, 0.25) is 5.02 Å². The molecule has 1 unspecified atom stereocenters. The molecule has 22 heavy (non-hydrogen) atoms. The lowest BCUT2D eigenvalue weighted by molar-refractivity contribution is 0.325. The van der Waals surface area contributed by atoms with E-state index in [2.05, 4.69) is 4.90 Å². The summed E-state index contributed by atoms with van der Waals surface area (Å²) in [5.41, 5.74) is 8.63. The van der Waals surface area contributed by atoms with Gasteiger partial charge in [-0.3, -0.25) is 4.90 Å². The fourth-order valence-corrected chi connectivity index (χ4v) is 3.16. The van der Waals surface area contributed by atoms with E-state index in [1.54, 1.807) is 12.1 Å². The maximum absolute atomic E-state index is 14.4. The van der Waals surface area contributed by atoms with Gasteiger partial charge in [0.15, 0.2) is 0 Å². The molecule has 0 amide bonds. The Kier molecular flexibility index (Phi) is 4.77. The highest BCUT2D eigenvalue weighted by molar-refractivity contribution is 6.30. The average molecular weight is 319 g/mol. The summed E-state index contributed by atoms with van der Waals surface area (Å²) in [5.74, 6) is -0.179. The number of benzene rings is 2. The van der Waals surface area contributed by atoms with Crippen molar-refractivity contribution in [1.29, 1.82) is 0 Å². The molecule has 2 nitrogen and oxygen atoms in total. The van der Waals surface area contributed by atoms with Gasteiger partial charge in [-0.2, -0.15) is 0 Å². The summed E-state index contributed by atoms with van der Waals surface area (Å²) in [5, 5.41) is 0.638. The number of halogens is 2. The minimum absolute atomic E-state index is 0.179. The van der Waals surface area contributed by atoms with Crippen molar-refractivity contribution >= 4 is 11.6 Å². The van der Waals surface area contributed by atoms with Crippen LogP contribution in [-0.4, -0.2) is 18.0 Å². The second-order valence-corrected chi connectivity index (χ2v) is 6.30. The molecule has 3 rings (SSSR count). The van der Waals surface area contributed by atoms with Crippen LogP contribution in [0.4, 0.5) is 4.39 Å². The number of rotatable bonds is 4. The van der Waals surface area contributed by atoms with Gasteiger partial charge in [-0.05, 0) is 55.3 Å². The van der Waals surface area contributed by atoms with E-state index in [1.165, 1.54) is 12.8 Å². The molecular weight excluding hydrogens is 299 g/mol. The SMILES string of the molecule is NC(c1cccc(Cl)c1)c1ccc(CN2CCCC2)c(F)c1. The van der Waals surface area contributed by atoms with Crippen LogP contribution in [0.5, 0.6) is 0 Å². The Morgan fingerprint density at radius 2 is 1.82 bits per heavy atom. The first-order valence-electron chi connectivity index (χ1n) is 7.65. The van der Waals surface area contributed by atoms with Gasteiger partial charge in [0.05, 0.1) is 6.04 Å². The highest BCUT2D eigenvalue weighted by Gasteiger charge is 2.16. The predicted octanol–water partition coefficient (Wildman–Crippen LogP) is 4.12. The van der Waals surface area contributed by atoms with Gasteiger partial charge >= 0.3 is 0 Å². The zero-order valence-corrected chi connectivity index (χ0v) is 13.2.